The number of benzene rings is 1. The Labute approximate surface area is 122 Å². The van der Waals surface area contributed by atoms with Gasteiger partial charge >= 0.3 is 0 Å². The van der Waals surface area contributed by atoms with Gasteiger partial charge in [0.1, 0.15) is 5.01 Å². The molecule has 1 aromatic carbocycles. The maximum Gasteiger partial charge on any atom is 0.109 e. The van der Waals surface area contributed by atoms with Crippen LogP contribution in [0.15, 0.2) is 54.2 Å². The second kappa shape index (κ2) is 5.98. The van der Waals surface area contributed by atoms with Crippen LogP contribution in [0.5, 0.6) is 0 Å². The summed E-state index contributed by atoms with van der Waals surface area (Å²) in [6.07, 6.45) is 3.82. The van der Waals surface area contributed by atoms with E-state index in [0.717, 1.165) is 22.9 Å². The van der Waals surface area contributed by atoms with Crippen LogP contribution in [0.3, 0.4) is 0 Å². The van der Waals surface area contributed by atoms with Crippen LogP contribution in [0, 0.1) is 0 Å². The van der Waals surface area contributed by atoms with E-state index in [-0.39, 0.29) is 6.04 Å². The molecule has 1 N–H and O–H groups in total. The molecule has 0 aliphatic carbocycles. The minimum absolute atomic E-state index is 0.247. The summed E-state index contributed by atoms with van der Waals surface area (Å²) >= 11 is 1.67. The predicted molar refractivity (Wildman–Crippen MR) is 80.9 cm³/mol. The molecule has 0 radical (unpaired) electrons. The zero-order valence-electron chi connectivity index (χ0n) is 11.2. The molecule has 0 amide bonds. The zero-order chi connectivity index (χ0) is 13.8. The van der Waals surface area contributed by atoms with Gasteiger partial charge in [0, 0.05) is 24.3 Å². The standard InChI is InChI=1S/C15H16N4S/c1-12(15-16-8-10-20-15)17-11-13-7-9-19(18-13)14-5-3-2-4-6-14/h2-10,12,17H,11H2,1H3. The van der Waals surface area contributed by atoms with Gasteiger partial charge in [0.25, 0.3) is 0 Å². The first kappa shape index (κ1) is 13.0. The molecule has 102 valence electrons. The Morgan fingerprint density at radius 3 is 2.85 bits per heavy atom. The Balaban J connectivity index is 1.63. The number of nitrogens with one attached hydrogen (secondary N) is 1. The molecule has 1 atom stereocenters. The topological polar surface area (TPSA) is 42.7 Å². The highest BCUT2D eigenvalue weighted by Crippen LogP contribution is 2.15. The Hall–Kier alpha value is -1.98. The molecule has 20 heavy (non-hydrogen) atoms. The van der Waals surface area contributed by atoms with E-state index in [1.165, 1.54) is 0 Å². The quantitative estimate of drug-likeness (QED) is 0.782. The molecule has 0 bridgehead atoms. The van der Waals surface area contributed by atoms with Crippen LogP contribution in [0.25, 0.3) is 5.69 Å². The molecule has 2 aromatic heterocycles. The highest BCUT2D eigenvalue weighted by Gasteiger charge is 2.08. The molecule has 3 aromatic rings. The van der Waals surface area contributed by atoms with Gasteiger partial charge in [0.05, 0.1) is 17.4 Å². The summed E-state index contributed by atoms with van der Waals surface area (Å²) in [5, 5.41) is 11.1. The van der Waals surface area contributed by atoms with E-state index in [4.69, 9.17) is 0 Å². The third-order valence-electron chi connectivity index (χ3n) is 3.08. The minimum atomic E-state index is 0.247. The lowest BCUT2D eigenvalue weighted by molar-refractivity contribution is 0.562. The van der Waals surface area contributed by atoms with Gasteiger partial charge in [-0.15, -0.1) is 11.3 Å². The average Bonchev–Trinajstić information content (AvgIpc) is 3.17. The number of hydrogen-bond acceptors (Lipinski definition) is 4. The molecule has 0 saturated carbocycles. The van der Waals surface area contributed by atoms with E-state index < -0.39 is 0 Å². The van der Waals surface area contributed by atoms with Crippen LogP contribution in [-0.2, 0) is 6.54 Å². The molecule has 0 spiro atoms. The van der Waals surface area contributed by atoms with Gasteiger partial charge < -0.3 is 5.32 Å². The Kier molecular flexibility index (Phi) is 3.90. The van der Waals surface area contributed by atoms with Crippen LogP contribution in [0.1, 0.15) is 23.7 Å². The van der Waals surface area contributed by atoms with Crippen LogP contribution < -0.4 is 5.32 Å². The monoisotopic (exact) mass is 284 g/mol. The third kappa shape index (κ3) is 2.95. The van der Waals surface area contributed by atoms with Gasteiger partial charge in [-0.25, -0.2) is 9.67 Å². The van der Waals surface area contributed by atoms with Crippen molar-refractivity contribution in [1.82, 2.24) is 20.1 Å². The van der Waals surface area contributed by atoms with E-state index in [9.17, 15) is 0 Å². The lowest BCUT2D eigenvalue weighted by Crippen LogP contribution is -2.18. The highest BCUT2D eigenvalue weighted by atomic mass is 32.1. The summed E-state index contributed by atoms with van der Waals surface area (Å²) in [5.74, 6) is 0. The number of nitrogens with zero attached hydrogens (tertiary/aromatic N) is 3. The van der Waals surface area contributed by atoms with Crippen molar-refractivity contribution >= 4 is 11.3 Å². The van der Waals surface area contributed by atoms with Crippen LogP contribution in [0.4, 0.5) is 0 Å². The maximum atomic E-state index is 4.57. The van der Waals surface area contributed by atoms with Crippen molar-refractivity contribution in [2.24, 2.45) is 0 Å². The van der Waals surface area contributed by atoms with Crippen molar-refractivity contribution in [1.29, 1.82) is 0 Å². The van der Waals surface area contributed by atoms with Gasteiger partial charge in [-0.2, -0.15) is 5.10 Å². The van der Waals surface area contributed by atoms with Gasteiger partial charge in [0.2, 0.25) is 0 Å². The highest BCUT2D eigenvalue weighted by molar-refractivity contribution is 7.09. The molecule has 0 aliphatic heterocycles. The summed E-state index contributed by atoms with van der Waals surface area (Å²) in [4.78, 5) is 4.31. The molecule has 0 fully saturated rings. The van der Waals surface area contributed by atoms with Crippen molar-refractivity contribution in [3.8, 4) is 5.69 Å². The summed E-state index contributed by atoms with van der Waals surface area (Å²) < 4.78 is 1.89. The number of thiazole rings is 1. The van der Waals surface area contributed by atoms with E-state index >= 15 is 0 Å². The van der Waals surface area contributed by atoms with Crippen molar-refractivity contribution in [2.45, 2.75) is 19.5 Å². The minimum Gasteiger partial charge on any atom is -0.302 e. The fraction of sp³-hybridized carbons (Fsp3) is 0.200. The van der Waals surface area contributed by atoms with Gasteiger partial charge in [0.15, 0.2) is 0 Å². The van der Waals surface area contributed by atoms with Crippen molar-refractivity contribution in [3.63, 3.8) is 0 Å². The largest absolute Gasteiger partial charge is 0.302 e. The van der Waals surface area contributed by atoms with E-state index in [1.54, 1.807) is 11.3 Å². The fourth-order valence-electron chi connectivity index (χ4n) is 1.97. The predicted octanol–water partition coefficient (Wildman–Crippen LogP) is 3.18. The first-order valence-electron chi connectivity index (χ1n) is 6.55. The van der Waals surface area contributed by atoms with Gasteiger partial charge in [-0.3, -0.25) is 0 Å². The summed E-state index contributed by atoms with van der Waals surface area (Å²) in [7, 11) is 0. The molecule has 3 rings (SSSR count). The molecule has 0 saturated heterocycles. The molecule has 1 unspecified atom stereocenters. The van der Waals surface area contributed by atoms with Crippen LogP contribution in [-0.4, -0.2) is 14.8 Å². The molecule has 5 heteroatoms. The Bertz CT molecular complexity index is 646. The lowest BCUT2D eigenvalue weighted by atomic mass is 10.3. The van der Waals surface area contributed by atoms with E-state index in [0.29, 0.717) is 0 Å². The lowest BCUT2D eigenvalue weighted by Gasteiger charge is -2.09. The second-order valence-electron chi connectivity index (χ2n) is 4.56. The fourth-order valence-corrected chi connectivity index (χ4v) is 2.64. The second-order valence-corrected chi connectivity index (χ2v) is 5.49. The molecule has 2 heterocycles. The Morgan fingerprint density at radius 1 is 1.25 bits per heavy atom. The van der Waals surface area contributed by atoms with Crippen molar-refractivity contribution in [2.75, 3.05) is 0 Å². The van der Waals surface area contributed by atoms with Crippen LogP contribution in [0.2, 0.25) is 0 Å². The van der Waals surface area contributed by atoms with E-state index in [1.807, 2.05) is 58.9 Å². The summed E-state index contributed by atoms with van der Waals surface area (Å²) in [5.41, 5.74) is 2.10. The first-order chi connectivity index (χ1) is 9.83. The maximum absolute atomic E-state index is 4.57. The van der Waals surface area contributed by atoms with Crippen molar-refractivity contribution < 1.29 is 0 Å². The van der Waals surface area contributed by atoms with Gasteiger partial charge in [-0.05, 0) is 25.1 Å². The number of hydrogen-bond donors (Lipinski definition) is 1. The molecule has 0 aliphatic rings. The smallest absolute Gasteiger partial charge is 0.109 e. The summed E-state index contributed by atoms with van der Waals surface area (Å²) in [6, 6.07) is 12.4. The van der Waals surface area contributed by atoms with Crippen LogP contribution >= 0.6 is 11.3 Å². The van der Waals surface area contributed by atoms with E-state index in [2.05, 4.69) is 22.3 Å². The number of rotatable bonds is 5. The molecular weight excluding hydrogens is 268 g/mol. The van der Waals surface area contributed by atoms with Crippen molar-refractivity contribution in [3.05, 3.63) is 64.9 Å². The summed E-state index contributed by atoms with van der Waals surface area (Å²) in [6.45, 7) is 2.85. The molecular formula is C15H16N4S. The normalized spacial score (nSPS) is 12.4. The number of para-hydroxylation sites is 1. The SMILES string of the molecule is CC(NCc1ccn(-c2ccccc2)n1)c1nccs1. The number of aromatic nitrogens is 3. The zero-order valence-corrected chi connectivity index (χ0v) is 12.0. The average molecular weight is 284 g/mol. The first-order valence-corrected chi connectivity index (χ1v) is 7.43. The van der Waals surface area contributed by atoms with Gasteiger partial charge in [-0.1, -0.05) is 18.2 Å². The Morgan fingerprint density at radius 2 is 2.10 bits per heavy atom. The molecule has 4 nitrogen and oxygen atoms in total. The third-order valence-corrected chi connectivity index (χ3v) is 4.03.